The summed E-state index contributed by atoms with van der Waals surface area (Å²) < 4.78 is 4.93. The van der Waals surface area contributed by atoms with Gasteiger partial charge in [-0.25, -0.2) is 4.79 Å². The van der Waals surface area contributed by atoms with E-state index in [1.165, 1.54) is 0 Å². The molecule has 0 spiro atoms. The Morgan fingerprint density at radius 1 is 1.29 bits per heavy atom. The van der Waals surface area contributed by atoms with Gasteiger partial charge in [0.2, 0.25) is 5.91 Å². The topological polar surface area (TPSA) is 67.4 Å². The number of hydrogen-bond acceptors (Lipinski definition) is 4. The molecule has 1 rings (SSSR count). The molecule has 21 heavy (non-hydrogen) atoms. The smallest absolute Gasteiger partial charge is 0.338 e. The molecular weight excluding hydrogens is 288 g/mol. The van der Waals surface area contributed by atoms with Crippen LogP contribution in [0.15, 0.2) is 24.3 Å². The lowest BCUT2D eigenvalue weighted by molar-refractivity contribution is -0.119. The standard InChI is InChI=1S/C15H20N2O3S/c1-3-5-9-13(18)17-15(21)16-12-8-6-7-11(10-12)14(19)20-4-2/h6-8,10H,3-5,9H2,1-2H3,(H2,16,17,18,21). The number of unbranched alkanes of at least 4 members (excludes halogenated alkanes) is 1. The number of esters is 1. The van der Waals surface area contributed by atoms with Gasteiger partial charge in [0.15, 0.2) is 5.11 Å². The number of thiocarbonyl (C=S) groups is 1. The Hall–Kier alpha value is -1.95. The van der Waals surface area contributed by atoms with Crippen LogP contribution in [-0.2, 0) is 9.53 Å². The minimum atomic E-state index is -0.390. The first-order valence-corrected chi connectivity index (χ1v) is 7.35. The molecule has 1 aromatic rings. The van der Waals surface area contributed by atoms with Crippen LogP contribution in [0.25, 0.3) is 0 Å². The van der Waals surface area contributed by atoms with Crippen molar-refractivity contribution in [2.24, 2.45) is 0 Å². The van der Waals surface area contributed by atoms with E-state index in [4.69, 9.17) is 17.0 Å². The summed E-state index contributed by atoms with van der Waals surface area (Å²) in [5.74, 6) is -0.505. The highest BCUT2D eigenvalue weighted by atomic mass is 32.1. The summed E-state index contributed by atoms with van der Waals surface area (Å²) in [6.45, 7) is 4.09. The summed E-state index contributed by atoms with van der Waals surface area (Å²) in [6, 6.07) is 6.76. The van der Waals surface area contributed by atoms with E-state index in [1.807, 2.05) is 6.92 Å². The molecule has 1 aromatic carbocycles. The van der Waals surface area contributed by atoms with Crippen LogP contribution in [0.4, 0.5) is 5.69 Å². The minimum absolute atomic E-state index is 0.115. The lowest BCUT2D eigenvalue weighted by Crippen LogP contribution is -2.33. The summed E-state index contributed by atoms with van der Waals surface area (Å²) >= 11 is 5.06. The second-order valence-corrected chi connectivity index (χ2v) is 4.82. The molecule has 0 saturated heterocycles. The van der Waals surface area contributed by atoms with Crippen molar-refractivity contribution < 1.29 is 14.3 Å². The predicted molar refractivity (Wildman–Crippen MR) is 86.3 cm³/mol. The summed E-state index contributed by atoms with van der Waals surface area (Å²) in [5.41, 5.74) is 1.06. The van der Waals surface area contributed by atoms with Crippen molar-refractivity contribution in [1.29, 1.82) is 0 Å². The van der Waals surface area contributed by atoms with E-state index < -0.39 is 0 Å². The van der Waals surface area contributed by atoms with Crippen LogP contribution in [0.2, 0.25) is 0 Å². The second-order valence-electron chi connectivity index (χ2n) is 4.41. The molecule has 0 atom stereocenters. The SMILES string of the molecule is CCCCC(=O)NC(=S)Nc1cccc(C(=O)OCC)c1. The zero-order valence-electron chi connectivity index (χ0n) is 12.3. The van der Waals surface area contributed by atoms with Crippen molar-refractivity contribution in [1.82, 2.24) is 5.32 Å². The minimum Gasteiger partial charge on any atom is -0.462 e. The molecule has 0 saturated carbocycles. The summed E-state index contributed by atoms with van der Waals surface area (Å²) in [6.07, 6.45) is 2.23. The average molecular weight is 308 g/mol. The number of carbonyl (C=O) groups is 2. The van der Waals surface area contributed by atoms with Crippen molar-refractivity contribution in [3.05, 3.63) is 29.8 Å². The molecular formula is C15H20N2O3S. The fourth-order valence-corrected chi connectivity index (χ4v) is 1.86. The summed E-state index contributed by atoms with van der Waals surface area (Å²) in [4.78, 5) is 23.2. The Morgan fingerprint density at radius 2 is 2.05 bits per heavy atom. The Kier molecular flexibility index (Phi) is 7.39. The lowest BCUT2D eigenvalue weighted by Gasteiger charge is -2.10. The summed E-state index contributed by atoms with van der Waals surface area (Å²) in [7, 11) is 0. The number of rotatable bonds is 6. The fourth-order valence-electron chi connectivity index (χ4n) is 1.63. The van der Waals surface area contributed by atoms with Crippen LogP contribution in [0, 0.1) is 0 Å². The van der Waals surface area contributed by atoms with Gasteiger partial charge in [-0.05, 0) is 43.8 Å². The predicted octanol–water partition coefficient (Wildman–Crippen LogP) is 2.87. The maximum atomic E-state index is 11.6. The normalized spacial score (nSPS) is 9.81. The second kappa shape index (κ2) is 9.07. The van der Waals surface area contributed by atoms with Gasteiger partial charge in [-0.15, -0.1) is 0 Å². The number of hydrogen-bond donors (Lipinski definition) is 2. The number of carbonyl (C=O) groups excluding carboxylic acids is 2. The highest BCUT2D eigenvalue weighted by Gasteiger charge is 2.08. The molecule has 0 heterocycles. The van der Waals surface area contributed by atoms with Gasteiger partial charge in [-0.1, -0.05) is 19.4 Å². The first kappa shape index (κ1) is 17.1. The number of nitrogens with one attached hydrogen (secondary N) is 2. The highest BCUT2D eigenvalue weighted by molar-refractivity contribution is 7.80. The van der Waals surface area contributed by atoms with Gasteiger partial charge in [0, 0.05) is 12.1 Å². The fraction of sp³-hybridized carbons (Fsp3) is 0.400. The molecule has 5 nitrogen and oxygen atoms in total. The van der Waals surface area contributed by atoms with Crippen molar-refractivity contribution in [2.75, 3.05) is 11.9 Å². The van der Waals surface area contributed by atoms with Gasteiger partial charge in [0.25, 0.3) is 0 Å². The van der Waals surface area contributed by atoms with Crippen LogP contribution < -0.4 is 10.6 Å². The van der Waals surface area contributed by atoms with Gasteiger partial charge >= 0.3 is 5.97 Å². The average Bonchev–Trinajstić information content (AvgIpc) is 2.45. The molecule has 0 aliphatic rings. The molecule has 0 aromatic heterocycles. The summed E-state index contributed by atoms with van der Waals surface area (Å²) in [5, 5.41) is 5.70. The maximum Gasteiger partial charge on any atom is 0.338 e. The molecule has 1 amide bonds. The van der Waals surface area contributed by atoms with Crippen molar-refractivity contribution in [3.8, 4) is 0 Å². The number of anilines is 1. The third kappa shape index (κ3) is 6.35. The quantitative estimate of drug-likeness (QED) is 0.625. The van der Waals surface area contributed by atoms with Crippen LogP contribution in [-0.4, -0.2) is 23.6 Å². The maximum absolute atomic E-state index is 11.6. The molecule has 0 fully saturated rings. The number of ether oxygens (including phenoxy) is 1. The van der Waals surface area contributed by atoms with Crippen LogP contribution in [0.3, 0.4) is 0 Å². The van der Waals surface area contributed by atoms with Crippen LogP contribution in [0.5, 0.6) is 0 Å². The molecule has 114 valence electrons. The molecule has 2 N–H and O–H groups in total. The van der Waals surface area contributed by atoms with Gasteiger partial charge in [0.1, 0.15) is 0 Å². The van der Waals surface area contributed by atoms with Gasteiger partial charge < -0.3 is 15.4 Å². The van der Waals surface area contributed by atoms with E-state index in [0.29, 0.717) is 24.3 Å². The molecule has 0 bridgehead atoms. The first-order chi connectivity index (χ1) is 10.1. The van der Waals surface area contributed by atoms with E-state index in [9.17, 15) is 9.59 Å². The molecule has 0 radical (unpaired) electrons. The number of benzene rings is 1. The van der Waals surface area contributed by atoms with E-state index in [-0.39, 0.29) is 17.0 Å². The Balaban J connectivity index is 2.58. The monoisotopic (exact) mass is 308 g/mol. The number of amides is 1. The molecule has 0 aliphatic heterocycles. The highest BCUT2D eigenvalue weighted by Crippen LogP contribution is 2.11. The first-order valence-electron chi connectivity index (χ1n) is 6.94. The van der Waals surface area contributed by atoms with Crippen molar-refractivity contribution in [3.63, 3.8) is 0 Å². The third-order valence-electron chi connectivity index (χ3n) is 2.64. The van der Waals surface area contributed by atoms with E-state index >= 15 is 0 Å². The Bertz CT molecular complexity index is 517. The largest absolute Gasteiger partial charge is 0.462 e. The van der Waals surface area contributed by atoms with Crippen LogP contribution >= 0.6 is 12.2 Å². The van der Waals surface area contributed by atoms with Gasteiger partial charge in [0.05, 0.1) is 12.2 Å². The van der Waals surface area contributed by atoms with Crippen molar-refractivity contribution in [2.45, 2.75) is 33.1 Å². The molecule has 0 unspecified atom stereocenters. The molecule has 6 heteroatoms. The van der Waals surface area contributed by atoms with Gasteiger partial charge in [-0.3, -0.25) is 4.79 Å². The Morgan fingerprint density at radius 3 is 2.71 bits per heavy atom. The van der Waals surface area contributed by atoms with Crippen molar-refractivity contribution >= 4 is 34.9 Å². The zero-order chi connectivity index (χ0) is 15.7. The zero-order valence-corrected chi connectivity index (χ0v) is 13.1. The van der Waals surface area contributed by atoms with E-state index in [2.05, 4.69) is 10.6 Å². The molecule has 0 aliphatic carbocycles. The van der Waals surface area contributed by atoms with E-state index in [0.717, 1.165) is 12.8 Å². The van der Waals surface area contributed by atoms with Crippen LogP contribution in [0.1, 0.15) is 43.5 Å². The van der Waals surface area contributed by atoms with Gasteiger partial charge in [-0.2, -0.15) is 0 Å². The Labute approximate surface area is 130 Å². The third-order valence-corrected chi connectivity index (χ3v) is 2.85. The lowest BCUT2D eigenvalue weighted by atomic mass is 10.2. The van der Waals surface area contributed by atoms with E-state index in [1.54, 1.807) is 31.2 Å².